The Morgan fingerprint density at radius 2 is 2.50 bits per heavy atom. The van der Waals surface area contributed by atoms with Gasteiger partial charge in [0.25, 0.3) is 0 Å². The lowest BCUT2D eigenvalue weighted by Crippen LogP contribution is -2.04. The Balaban J connectivity index is 2.35. The number of aryl methyl sites for hydroxylation is 1. The number of hydrogen-bond donors (Lipinski definition) is 1. The maximum absolute atomic E-state index is 10.0. The molecule has 1 aromatic rings. The van der Waals surface area contributed by atoms with E-state index in [1.807, 2.05) is 0 Å². The van der Waals surface area contributed by atoms with Crippen LogP contribution in [0.3, 0.4) is 0 Å². The Hall–Kier alpha value is -1.46. The first-order chi connectivity index (χ1) is 4.79. The minimum atomic E-state index is -0.851. The summed E-state index contributed by atoms with van der Waals surface area (Å²) in [7, 11) is 0. The van der Waals surface area contributed by atoms with Gasteiger partial charge in [0.1, 0.15) is 6.33 Å². The molecule has 0 saturated heterocycles. The molecule has 0 unspecified atom stereocenters. The molecule has 10 heavy (non-hydrogen) atoms. The fourth-order valence-electron chi connectivity index (χ4n) is 0.493. The fourth-order valence-corrected chi connectivity index (χ4v) is 0.493. The molecule has 1 N–H and O–H groups in total. The molecule has 0 aromatic carbocycles. The number of carbonyl (C=O) groups is 1. The van der Waals surface area contributed by atoms with Gasteiger partial charge in [-0.15, -0.1) is 5.10 Å². The number of aliphatic carboxylic acids is 1. The molecule has 0 saturated carbocycles. The van der Waals surface area contributed by atoms with E-state index < -0.39 is 5.97 Å². The van der Waals surface area contributed by atoms with Crippen molar-refractivity contribution in [3.8, 4) is 0 Å². The van der Waals surface area contributed by atoms with Crippen molar-refractivity contribution in [2.24, 2.45) is 0 Å². The topological polar surface area (TPSA) is 80.9 Å². The average Bonchev–Trinajstić information content (AvgIpc) is 2.34. The van der Waals surface area contributed by atoms with Crippen LogP contribution in [-0.4, -0.2) is 31.3 Å². The molecule has 6 nitrogen and oxygen atoms in total. The Morgan fingerprint density at radius 1 is 1.70 bits per heavy atom. The van der Waals surface area contributed by atoms with Gasteiger partial charge in [-0.05, 0) is 10.4 Å². The van der Waals surface area contributed by atoms with E-state index in [2.05, 4.69) is 15.5 Å². The molecule has 1 heterocycles. The van der Waals surface area contributed by atoms with Gasteiger partial charge in [0, 0.05) is 0 Å². The number of hydrogen-bond acceptors (Lipinski definition) is 4. The van der Waals surface area contributed by atoms with Crippen LogP contribution in [0, 0.1) is 0 Å². The fraction of sp³-hybridized carbons (Fsp3) is 0.500. The van der Waals surface area contributed by atoms with E-state index >= 15 is 0 Å². The standard InChI is InChI=1S/C4H6N4O2/c9-4(10)1-2-8-3-5-6-7-8/h3H,1-2H2,(H,9,10). The molecule has 0 fully saturated rings. The lowest BCUT2D eigenvalue weighted by molar-refractivity contribution is -0.137. The predicted octanol–water partition coefficient (Wildman–Crippen LogP) is -0.852. The number of rotatable bonds is 3. The van der Waals surface area contributed by atoms with Crippen LogP contribution < -0.4 is 0 Å². The van der Waals surface area contributed by atoms with Crippen molar-refractivity contribution in [1.82, 2.24) is 20.2 Å². The zero-order valence-corrected chi connectivity index (χ0v) is 5.14. The van der Waals surface area contributed by atoms with E-state index in [1.165, 1.54) is 11.0 Å². The van der Waals surface area contributed by atoms with E-state index in [-0.39, 0.29) is 6.42 Å². The maximum atomic E-state index is 10.0. The molecule has 0 aliphatic rings. The van der Waals surface area contributed by atoms with Crippen LogP contribution in [0.25, 0.3) is 0 Å². The van der Waals surface area contributed by atoms with Gasteiger partial charge in [-0.25, -0.2) is 4.68 Å². The molecular weight excluding hydrogens is 136 g/mol. The van der Waals surface area contributed by atoms with Gasteiger partial charge in [0.15, 0.2) is 0 Å². The molecule has 0 aliphatic carbocycles. The molecular formula is C4H6N4O2. The summed E-state index contributed by atoms with van der Waals surface area (Å²) in [5, 5.41) is 18.4. The van der Waals surface area contributed by atoms with Crippen LogP contribution in [0.4, 0.5) is 0 Å². The molecule has 0 amide bonds. The quantitative estimate of drug-likeness (QED) is 0.594. The second-order valence-electron chi connectivity index (χ2n) is 1.72. The van der Waals surface area contributed by atoms with Gasteiger partial charge in [-0.1, -0.05) is 0 Å². The van der Waals surface area contributed by atoms with Gasteiger partial charge in [0.05, 0.1) is 13.0 Å². The van der Waals surface area contributed by atoms with Crippen LogP contribution in [0.15, 0.2) is 6.33 Å². The van der Waals surface area contributed by atoms with Crippen molar-refractivity contribution >= 4 is 5.97 Å². The summed E-state index contributed by atoms with van der Waals surface area (Å²) in [5.74, 6) is -0.851. The number of nitrogens with zero attached hydrogens (tertiary/aromatic N) is 4. The van der Waals surface area contributed by atoms with E-state index in [1.54, 1.807) is 0 Å². The highest BCUT2D eigenvalue weighted by Crippen LogP contribution is 1.83. The van der Waals surface area contributed by atoms with Gasteiger partial charge in [-0.3, -0.25) is 4.79 Å². The first kappa shape index (κ1) is 6.66. The van der Waals surface area contributed by atoms with E-state index in [0.717, 1.165) is 0 Å². The molecule has 1 rings (SSSR count). The summed E-state index contributed by atoms with van der Waals surface area (Å²) in [6, 6.07) is 0. The first-order valence-corrected chi connectivity index (χ1v) is 2.71. The van der Waals surface area contributed by atoms with E-state index in [9.17, 15) is 4.79 Å². The summed E-state index contributed by atoms with van der Waals surface area (Å²) in [4.78, 5) is 10.0. The van der Waals surface area contributed by atoms with Crippen LogP contribution in [0.2, 0.25) is 0 Å². The Labute approximate surface area is 56.5 Å². The van der Waals surface area contributed by atoms with Crippen LogP contribution in [0.5, 0.6) is 0 Å². The summed E-state index contributed by atoms with van der Waals surface area (Å²) in [5.41, 5.74) is 0. The molecule has 0 aliphatic heterocycles. The normalized spacial score (nSPS) is 9.60. The van der Waals surface area contributed by atoms with Crippen molar-refractivity contribution < 1.29 is 9.90 Å². The zero-order chi connectivity index (χ0) is 7.40. The zero-order valence-electron chi connectivity index (χ0n) is 5.14. The Morgan fingerprint density at radius 3 is 3.00 bits per heavy atom. The highest BCUT2D eigenvalue weighted by atomic mass is 16.4. The SMILES string of the molecule is O=C(O)CCn1cnnn1. The summed E-state index contributed by atoms with van der Waals surface area (Å²) >= 11 is 0. The van der Waals surface area contributed by atoms with E-state index in [4.69, 9.17) is 5.11 Å². The van der Waals surface area contributed by atoms with Crippen molar-refractivity contribution in [3.05, 3.63) is 6.33 Å². The molecule has 54 valence electrons. The van der Waals surface area contributed by atoms with Crippen molar-refractivity contribution in [1.29, 1.82) is 0 Å². The van der Waals surface area contributed by atoms with Gasteiger partial charge >= 0.3 is 5.97 Å². The number of tetrazole rings is 1. The lowest BCUT2D eigenvalue weighted by atomic mass is 10.4. The van der Waals surface area contributed by atoms with E-state index in [0.29, 0.717) is 6.54 Å². The van der Waals surface area contributed by atoms with Gasteiger partial charge in [0.2, 0.25) is 0 Å². The number of carboxylic acids is 1. The molecule has 0 atom stereocenters. The van der Waals surface area contributed by atoms with Crippen molar-refractivity contribution in [2.45, 2.75) is 13.0 Å². The van der Waals surface area contributed by atoms with Gasteiger partial charge < -0.3 is 5.11 Å². The summed E-state index contributed by atoms with van der Waals surface area (Å²) in [6.07, 6.45) is 1.42. The van der Waals surface area contributed by atoms with Crippen LogP contribution >= 0.6 is 0 Å². The highest BCUT2D eigenvalue weighted by Gasteiger charge is 1.97. The Bertz CT molecular complexity index is 207. The second kappa shape index (κ2) is 2.90. The van der Waals surface area contributed by atoms with Crippen molar-refractivity contribution in [2.75, 3.05) is 0 Å². The second-order valence-corrected chi connectivity index (χ2v) is 1.72. The lowest BCUT2D eigenvalue weighted by Gasteiger charge is -1.91. The summed E-state index contributed by atoms with van der Waals surface area (Å²) < 4.78 is 1.37. The van der Waals surface area contributed by atoms with Crippen molar-refractivity contribution in [3.63, 3.8) is 0 Å². The smallest absolute Gasteiger partial charge is 0.305 e. The molecule has 0 spiro atoms. The first-order valence-electron chi connectivity index (χ1n) is 2.71. The molecule has 1 aromatic heterocycles. The van der Waals surface area contributed by atoms with Gasteiger partial charge in [-0.2, -0.15) is 0 Å². The average molecular weight is 142 g/mol. The minimum Gasteiger partial charge on any atom is -0.481 e. The maximum Gasteiger partial charge on any atom is 0.305 e. The monoisotopic (exact) mass is 142 g/mol. The molecule has 0 bridgehead atoms. The number of carboxylic acid groups (broad SMARTS) is 1. The highest BCUT2D eigenvalue weighted by molar-refractivity contribution is 5.66. The Kier molecular flexibility index (Phi) is 1.93. The largest absolute Gasteiger partial charge is 0.481 e. The molecule has 6 heteroatoms. The molecule has 0 radical (unpaired) electrons. The minimum absolute atomic E-state index is 0.0467. The van der Waals surface area contributed by atoms with Crippen LogP contribution in [-0.2, 0) is 11.3 Å². The third kappa shape index (κ3) is 1.81. The third-order valence-electron chi connectivity index (χ3n) is 0.946. The van der Waals surface area contributed by atoms with Crippen LogP contribution in [0.1, 0.15) is 6.42 Å². The third-order valence-corrected chi connectivity index (χ3v) is 0.946. The predicted molar refractivity (Wildman–Crippen MR) is 30.1 cm³/mol. The number of aromatic nitrogens is 4. The summed E-state index contributed by atoms with van der Waals surface area (Å²) in [6.45, 7) is 0.322.